The summed E-state index contributed by atoms with van der Waals surface area (Å²) in [6.07, 6.45) is 9.14. The largest absolute Gasteiger partial charge is 0.550 e. The zero-order valence-electron chi connectivity index (χ0n) is 14.3. The van der Waals surface area contributed by atoms with E-state index < -0.39 is 17.8 Å². The minimum Gasteiger partial charge on any atom is -0.550 e. The van der Waals surface area contributed by atoms with E-state index in [-0.39, 0.29) is 5.91 Å². The van der Waals surface area contributed by atoms with Crippen LogP contribution in [0.1, 0.15) is 67.4 Å². The number of carboxylic acid groups (broad SMARTS) is 1. The lowest BCUT2D eigenvalue weighted by Gasteiger charge is -2.31. The topological polar surface area (TPSA) is 93.0 Å². The first-order chi connectivity index (χ1) is 12.1. The van der Waals surface area contributed by atoms with Crippen LogP contribution in [0.4, 0.5) is 5.00 Å². The van der Waals surface area contributed by atoms with Crippen LogP contribution in [0.25, 0.3) is 0 Å². The van der Waals surface area contributed by atoms with Crippen molar-refractivity contribution in [3.8, 4) is 6.07 Å². The monoisotopic (exact) mass is 359 g/mol. The number of amides is 1. The van der Waals surface area contributed by atoms with Gasteiger partial charge in [0.15, 0.2) is 0 Å². The molecule has 0 spiro atoms. The molecule has 0 saturated heterocycles. The highest BCUT2D eigenvalue weighted by Gasteiger charge is 2.32. The van der Waals surface area contributed by atoms with Crippen LogP contribution in [0, 0.1) is 23.2 Å². The molecule has 25 heavy (non-hydrogen) atoms. The van der Waals surface area contributed by atoms with E-state index in [1.807, 2.05) is 0 Å². The molecule has 1 N–H and O–H groups in total. The van der Waals surface area contributed by atoms with E-state index in [1.54, 1.807) is 0 Å². The Labute approximate surface area is 152 Å². The molecule has 1 aromatic rings. The fourth-order valence-electron chi connectivity index (χ4n) is 4.06. The minimum atomic E-state index is -1.14. The third kappa shape index (κ3) is 3.87. The van der Waals surface area contributed by atoms with Crippen molar-refractivity contribution in [2.75, 3.05) is 5.32 Å². The van der Waals surface area contributed by atoms with Crippen LogP contribution < -0.4 is 10.4 Å². The number of anilines is 1. The standard InChI is InChI=1S/C19H24N2O3S/c20-11-15-12-7-3-1-2-4-10-16(12)25-18(15)21-17(22)13-8-5-6-9-14(13)19(23)24/h13-14H,1-10H2,(H,21,22)(H,23,24)/p-1/t13-,14+/m0/s1. The number of hydrogen-bond donors (Lipinski definition) is 1. The Hall–Kier alpha value is -1.87. The molecular weight excluding hydrogens is 336 g/mol. The molecule has 0 bridgehead atoms. The molecule has 6 heteroatoms. The Morgan fingerprint density at radius 1 is 1.04 bits per heavy atom. The van der Waals surface area contributed by atoms with Gasteiger partial charge in [-0.05, 0) is 44.1 Å². The third-order valence-corrected chi connectivity index (χ3v) is 6.63. The third-order valence-electron chi connectivity index (χ3n) is 5.43. The number of thiophene rings is 1. The summed E-state index contributed by atoms with van der Waals surface area (Å²) >= 11 is 1.49. The van der Waals surface area contributed by atoms with Crippen LogP contribution >= 0.6 is 11.3 Å². The Kier molecular flexibility index (Phi) is 5.74. The van der Waals surface area contributed by atoms with Gasteiger partial charge in [-0.25, -0.2) is 0 Å². The zero-order valence-corrected chi connectivity index (χ0v) is 15.1. The summed E-state index contributed by atoms with van der Waals surface area (Å²) in [6, 6.07) is 2.26. The molecule has 0 aliphatic heterocycles. The second-order valence-electron chi connectivity index (χ2n) is 7.04. The van der Waals surface area contributed by atoms with Gasteiger partial charge < -0.3 is 15.2 Å². The van der Waals surface area contributed by atoms with Crippen molar-refractivity contribution >= 4 is 28.2 Å². The van der Waals surface area contributed by atoms with E-state index in [1.165, 1.54) is 29.1 Å². The second kappa shape index (κ2) is 8.01. The number of nitriles is 1. The van der Waals surface area contributed by atoms with Gasteiger partial charge in [0.1, 0.15) is 11.1 Å². The highest BCUT2D eigenvalue weighted by molar-refractivity contribution is 7.16. The SMILES string of the molecule is N#Cc1c(NC(=O)[C@H]2CCCC[C@H]2C(=O)[O-])sc2c1CCCCCC2. The predicted molar refractivity (Wildman–Crippen MR) is 94.0 cm³/mol. The van der Waals surface area contributed by atoms with Crippen molar-refractivity contribution in [3.63, 3.8) is 0 Å². The van der Waals surface area contributed by atoms with Gasteiger partial charge in [0.25, 0.3) is 0 Å². The Morgan fingerprint density at radius 3 is 2.40 bits per heavy atom. The molecule has 1 aromatic heterocycles. The molecule has 134 valence electrons. The van der Waals surface area contributed by atoms with E-state index in [9.17, 15) is 20.0 Å². The van der Waals surface area contributed by atoms with Gasteiger partial charge in [-0.2, -0.15) is 5.26 Å². The number of rotatable bonds is 3. The number of aryl methyl sites for hydroxylation is 1. The number of nitrogens with zero attached hydrogens (tertiary/aromatic N) is 1. The van der Waals surface area contributed by atoms with E-state index >= 15 is 0 Å². The number of fused-ring (bicyclic) bond motifs is 1. The van der Waals surface area contributed by atoms with Crippen molar-refractivity contribution in [3.05, 3.63) is 16.0 Å². The van der Waals surface area contributed by atoms with Crippen LogP contribution in [0.5, 0.6) is 0 Å². The molecule has 0 aromatic carbocycles. The van der Waals surface area contributed by atoms with Gasteiger partial charge in [0.05, 0.1) is 5.56 Å². The summed E-state index contributed by atoms with van der Waals surface area (Å²) in [5.74, 6) is -2.70. The number of aliphatic carboxylic acids is 1. The molecule has 3 rings (SSSR count). The first-order valence-electron chi connectivity index (χ1n) is 9.18. The first kappa shape index (κ1) is 17.9. The summed E-state index contributed by atoms with van der Waals surface area (Å²) in [5, 5.41) is 24.4. The number of carboxylic acids is 1. The summed E-state index contributed by atoms with van der Waals surface area (Å²) in [6.45, 7) is 0. The van der Waals surface area contributed by atoms with E-state index in [0.717, 1.165) is 44.1 Å². The maximum atomic E-state index is 12.7. The van der Waals surface area contributed by atoms with Crippen molar-refractivity contribution in [2.45, 2.75) is 64.2 Å². The number of carbonyl (C=O) groups excluding carboxylic acids is 2. The molecule has 0 radical (unpaired) electrons. The quantitative estimate of drug-likeness (QED) is 0.898. The summed E-state index contributed by atoms with van der Waals surface area (Å²) in [5.41, 5.74) is 1.67. The van der Waals surface area contributed by atoms with Gasteiger partial charge in [0, 0.05) is 22.7 Å². The van der Waals surface area contributed by atoms with Gasteiger partial charge in [-0.3, -0.25) is 4.79 Å². The summed E-state index contributed by atoms with van der Waals surface area (Å²) in [4.78, 5) is 25.2. The van der Waals surface area contributed by atoms with E-state index in [4.69, 9.17) is 0 Å². The summed E-state index contributed by atoms with van der Waals surface area (Å²) in [7, 11) is 0. The molecule has 1 saturated carbocycles. The van der Waals surface area contributed by atoms with Crippen molar-refractivity contribution in [1.82, 2.24) is 0 Å². The van der Waals surface area contributed by atoms with E-state index in [0.29, 0.717) is 23.4 Å². The van der Waals surface area contributed by atoms with Gasteiger partial charge >= 0.3 is 0 Å². The average molecular weight is 359 g/mol. The predicted octanol–water partition coefficient (Wildman–Crippen LogP) is 2.77. The zero-order chi connectivity index (χ0) is 17.8. The smallest absolute Gasteiger partial charge is 0.228 e. The molecule has 2 aliphatic rings. The molecule has 1 fully saturated rings. The van der Waals surface area contributed by atoms with Gasteiger partial charge in [-0.1, -0.05) is 25.7 Å². The lowest BCUT2D eigenvalue weighted by molar-refractivity contribution is -0.313. The Morgan fingerprint density at radius 2 is 1.72 bits per heavy atom. The van der Waals surface area contributed by atoms with Crippen LogP contribution in [0.3, 0.4) is 0 Å². The fourth-order valence-corrected chi connectivity index (χ4v) is 5.30. The number of hydrogen-bond acceptors (Lipinski definition) is 5. The molecule has 2 atom stereocenters. The van der Waals surface area contributed by atoms with Gasteiger partial charge in [0.2, 0.25) is 5.91 Å². The fraction of sp³-hybridized carbons (Fsp3) is 0.632. The van der Waals surface area contributed by atoms with Gasteiger partial charge in [-0.15, -0.1) is 11.3 Å². The van der Waals surface area contributed by atoms with Crippen LogP contribution in [-0.2, 0) is 22.4 Å². The summed E-state index contributed by atoms with van der Waals surface area (Å²) < 4.78 is 0. The number of carbonyl (C=O) groups is 2. The first-order valence-corrected chi connectivity index (χ1v) is 10.00. The molecule has 1 amide bonds. The molecule has 1 heterocycles. The lowest BCUT2D eigenvalue weighted by Crippen LogP contribution is -2.42. The molecule has 0 unspecified atom stereocenters. The normalized spacial score (nSPS) is 23.6. The highest BCUT2D eigenvalue weighted by Crippen LogP contribution is 2.38. The Bertz CT molecular complexity index is 704. The highest BCUT2D eigenvalue weighted by atomic mass is 32.1. The van der Waals surface area contributed by atoms with E-state index in [2.05, 4.69) is 11.4 Å². The lowest BCUT2D eigenvalue weighted by atomic mass is 9.79. The average Bonchev–Trinajstić information content (AvgIpc) is 2.90. The van der Waals surface area contributed by atoms with Crippen molar-refractivity contribution in [1.29, 1.82) is 5.26 Å². The minimum absolute atomic E-state index is 0.278. The van der Waals surface area contributed by atoms with Crippen molar-refractivity contribution in [2.24, 2.45) is 11.8 Å². The maximum absolute atomic E-state index is 12.7. The maximum Gasteiger partial charge on any atom is 0.228 e. The van der Waals surface area contributed by atoms with Crippen LogP contribution in [0.2, 0.25) is 0 Å². The molecule has 2 aliphatic carbocycles. The van der Waals surface area contributed by atoms with Crippen LogP contribution in [0.15, 0.2) is 0 Å². The van der Waals surface area contributed by atoms with Crippen LogP contribution in [-0.4, -0.2) is 11.9 Å². The molecular formula is C19H23N2O3S-. The molecule has 5 nitrogen and oxygen atoms in total. The van der Waals surface area contributed by atoms with Crippen molar-refractivity contribution < 1.29 is 14.7 Å². The Balaban J connectivity index is 1.82. The second-order valence-corrected chi connectivity index (χ2v) is 8.14. The number of nitrogens with one attached hydrogen (secondary N) is 1.